The highest BCUT2D eigenvalue weighted by atomic mass is 16.5. The van der Waals surface area contributed by atoms with Gasteiger partial charge in [0.25, 0.3) is 0 Å². The van der Waals surface area contributed by atoms with E-state index in [1.54, 1.807) is 21.3 Å². The normalized spacial score (nSPS) is 17.7. The van der Waals surface area contributed by atoms with Gasteiger partial charge in [-0.1, -0.05) is 0 Å². The van der Waals surface area contributed by atoms with E-state index in [2.05, 4.69) is 10.2 Å². The molecule has 1 saturated carbocycles. The molecule has 1 aromatic rings. The van der Waals surface area contributed by atoms with Crippen molar-refractivity contribution in [2.24, 2.45) is 5.92 Å². The number of piperazine rings is 1. The van der Waals surface area contributed by atoms with E-state index in [4.69, 9.17) is 14.2 Å². The summed E-state index contributed by atoms with van der Waals surface area (Å²) < 4.78 is 16.2. The third kappa shape index (κ3) is 5.26. The molecule has 1 saturated heterocycles. The molecule has 3 rings (SSSR count). The first-order valence-electron chi connectivity index (χ1n) is 9.64. The van der Waals surface area contributed by atoms with Crippen LogP contribution in [-0.4, -0.2) is 76.3 Å². The molecule has 1 aliphatic carbocycles. The molecule has 1 amide bonds. The van der Waals surface area contributed by atoms with E-state index in [1.807, 2.05) is 17.0 Å². The van der Waals surface area contributed by atoms with E-state index >= 15 is 0 Å². The minimum absolute atomic E-state index is 0.211. The first-order valence-corrected chi connectivity index (χ1v) is 9.64. The second-order valence-electron chi connectivity index (χ2n) is 7.26. The maximum atomic E-state index is 12.3. The Morgan fingerprint density at radius 1 is 1.04 bits per heavy atom. The minimum atomic E-state index is 0.211. The Bertz CT molecular complexity index is 615. The van der Waals surface area contributed by atoms with Gasteiger partial charge in [-0.15, -0.1) is 0 Å². The lowest BCUT2D eigenvalue weighted by Crippen LogP contribution is -2.50. The Morgan fingerprint density at radius 2 is 1.67 bits per heavy atom. The second kappa shape index (κ2) is 9.28. The van der Waals surface area contributed by atoms with Gasteiger partial charge in [0.15, 0.2) is 11.5 Å². The summed E-state index contributed by atoms with van der Waals surface area (Å²) in [7, 11) is 4.86. The molecule has 1 heterocycles. The molecule has 0 spiro atoms. The van der Waals surface area contributed by atoms with Crippen molar-refractivity contribution in [2.75, 3.05) is 60.6 Å². The van der Waals surface area contributed by atoms with Crippen molar-refractivity contribution in [3.63, 3.8) is 0 Å². The van der Waals surface area contributed by atoms with Gasteiger partial charge in [0.1, 0.15) is 0 Å². The number of carbonyl (C=O) groups is 1. The number of ether oxygens (including phenoxy) is 3. The summed E-state index contributed by atoms with van der Waals surface area (Å²) in [5.41, 5.74) is 1.11. The second-order valence-corrected chi connectivity index (χ2v) is 7.26. The number of rotatable bonds is 9. The van der Waals surface area contributed by atoms with Crippen LogP contribution in [0.2, 0.25) is 0 Å². The highest BCUT2D eigenvalue weighted by Crippen LogP contribution is 2.38. The van der Waals surface area contributed by atoms with Gasteiger partial charge in [-0.2, -0.15) is 0 Å². The van der Waals surface area contributed by atoms with Crippen LogP contribution in [0.5, 0.6) is 17.2 Å². The van der Waals surface area contributed by atoms with Gasteiger partial charge in [0, 0.05) is 32.7 Å². The monoisotopic (exact) mass is 377 g/mol. The summed E-state index contributed by atoms with van der Waals surface area (Å²) in [5.74, 6) is 2.96. The molecule has 1 aromatic carbocycles. The third-order valence-electron chi connectivity index (χ3n) is 5.26. The standard InChI is InChI=1S/C20H31N3O4/c1-25-17-10-16(11-18(26-2)20(17)27-3)14-22-6-8-23(9-7-22)19(24)13-21-12-15-4-5-15/h10-11,15,21H,4-9,12-14H2,1-3H3. The maximum absolute atomic E-state index is 12.3. The van der Waals surface area contributed by atoms with E-state index < -0.39 is 0 Å². The fraction of sp³-hybridized carbons (Fsp3) is 0.650. The average molecular weight is 377 g/mol. The number of carbonyl (C=O) groups excluding carboxylic acids is 1. The molecular weight excluding hydrogens is 346 g/mol. The predicted molar refractivity (Wildman–Crippen MR) is 104 cm³/mol. The van der Waals surface area contributed by atoms with E-state index in [9.17, 15) is 4.79 Å². The zero-order chi connectivity index (χ0) is 19.2. The zero-order valence-corrected chi connectivity index (χ0v) is 16.6. The zero-order valence-electron chi connectivity index (χ0n) is 16.6. The molecule has 150 valence electrons. The molecule has 0 unspecified atom stereocenters. The number of amides is 1. The fourth-order valence-corrected chi connectivity index (χ4v) is 3.46. The number of nitrogens with one attached hydrogen (secondary N) is 1. The Labute approximate surface area is 161 Å². The SMILES string of the molecule is COc1cc(CN2CCN(C(=O)CNCC3CC3)CC2)cc(OC)c1OC. The summed E-state index contributed by atoms with van der Waals surface area (Å²) in [6.07, 6.45) is 2.61. The van der Waals surface area contributed by atoms with Crippen molar-refractivity contribution < 1.29 is 19.0 Å². The highest BCUT2D eigenvalue weighted by molar-refractivity contribution is 5.78. The molecule has 7 nitrogen and oxygen atoms in total. The van der Waals surface area contributed by atoms with E-state index in [0.717, 1.165) is 50.7 Å². The Balaban J connectivity index is 1.50. The Hall–Kier alpha value is -1.99. The summed E-state index contributed by atoms with van der Waals surface area (Å²) in [4.78, 5) is 16.6. The van der Waals surface area contributed by atoms with Crippen molar-refractivity contribution in [3.8, 4) is 17.2 Å². The molecule has 2 aliphatic rings. The largest absolute Gasteiger partial charge is 0.493 e. The van der Waals surface area contributed by atoms with Gasteiger partial charge in [-0.05, 0) is 43.0 Å². The maximum Gasteiger partial charge on any atom is 0.236 e. The Kier molecular flexibility index (Phi) is 6.79. The summed E-state index contributed by atoms with van der Waals surface area (Å²) in [5, 5.41) is 3.29. The highest BCUT2D eigenvalue weighted by Gasteiger charge is 2.24. The third-order valence-corrected chi connectivity index (χ3v) is 5.26. The molecular formula is C20H31N3O4. The molecule has 0 aromatic heterocycles. The predicted octanol–water partition coefficient (Wildman–Crippen LogP) is 1.36. The van der Waals surface area contributed by atoms with Crippen molar-refractivity contribution >= 4 is 5.91 Å². The van der Waals surface area contributed by atoms with Crippen LogP contribution < -0.4 is 19.5 Å². The van der Waals surface area contributed by atoms with Crippen LogP contribution in [0.25, 0.3) is 0 Å². The fourth-order valence-electron chi connectivity index (χ4n) is 3.46. The van der Waals surface area contributed by atoms with Crippen molar-refractivity contribution in [2.45, 2.75) is 19.4 Å². The van der Waals surface area contributed by atoms with Crippen molar-refractivity contribution in [1.29, 1.82) is 0 Å². The van der Waals surface area contributed by atoms with Crippen LogP contribution in [-0.2, 0) is 11.3 Å². The van der Waals surface area contributed by atoms with Gasteiger partial charge >= 0.3 is 0 Å². The van der Waals surface area contributed by atoms with Crippen LogP contribution in [0.1, 0.15) is 18.4 Å². The minimum Gasteiger partial charge on any atom is -0.493 e. The molecule has 27 heavy (non-hydrogen) atoms. The lowest BCUT2D eigenvalue weighted by Gasteiger charge is -2.35. The molecule has 0 atom stereocenters. The molecule has 1 N–H and O–H groups in total. The van der Waals surface area contributed by atoms with Crippen LogP contribution >= 0.6 is 0 Å². The van der Waals surface area contributed by atoms with Gasteiger partial charge in [-0.3, -0.25) is 9.69 Å². The van der Waals surface area contributed by atoms with Crippen LogP contribution in [0.4, 0.5) is 0 Å². The molecule has 0 bridgehead atoms. The Morgan fingerprint density at radius 3 is 2.19 bits per heavy atom. The van der Waals surface area contributed by atoms with Crippen LogP contribution in [0, 0.1) is 5.92 Å². The summed E-state index contributed by atoms with van der Waals surface area (Å²) in [6.45, 7) is 5.51. The lowest BCUT2D eigenvalue weighted by atomic mass is 10.1. The smallest absolute Gasteiger partial charge is 0.236 e. The van der Waals surface area contributed by atoms with Crippen molar-refractivity contribution in [3.05, 3.63) is 17.7 Å². The molecule has 2 fully saturated rings. The van der Waals surface area contributed by atoms with Gasteiger partial charge in [0.2, 0.25) is 11.7 Å². The average Bonchev–Trinajstić information content (AvgIpc) is 3.52. The number of hydrogen-bond acceptors (Lipinski definition) is 6. The molecule has 7 heteroatoms. The lowest BCUT2D eigenvalue weighted by molar-refractivity contribution is -0.132. The first kappa shape index (κ1) is 19.8. The summed E-state index contributed by atoms with van der Waals surface area (Å²) >= 11 is 0. The molecule has 1 aliphatic heterocycles. The number of hydrogen-bond donors (Lipinski definition) is 1. The quantitative estimate of drug-likeness (QED) is 0.701. The number of benzene rings is 1. The van der Waals surface area contributed by atoms with Crippen molar-refractivity contribution in [1.82, 2.24) is 15.1 Å². The summed E-state index contributed by atoms with van der Waals surface area (Å²) in [6, 6.07) is 3.97. The topological polar surface area (TPSA) is 63.3 Å². The van der Waals surface area contributed by atoms with Gasteiger partial charge in [0.05, 0.1) is 27.9 Å². The number of nitrogens with zero attached hydrogens (tertiary/aromatic N) is 2. The van der Waals surface area contributed by atoms with Gasteiger partial charge in [-0.25, -0.2) is 0 Å². The van der Waals surface area contributed by atoms with Crippen LogP contribution in [0.3, 0.4) is 0 Å². The van der Waals surface area contributed by atoms with Gasteiger partial charge < -0.3 is 24.4 Å². The van der Waals surface area contributed by atoms with Crippen LogP contribution in [0.15, 0.2) is 12.1 Å². The van der Waals surface area contributed by atoms with E-state index in [0.29, 0.717) is 23.8 Å². The van der Waals surface area contributed by atoms with E-state index in [1.165, 1.54) is 12.8 Å². The molecule has 0 radical (unpaired) electrons. The first-order chi connectivity index (χ1) is 13.1. The van der Waals surface area contributed by atoms with E-state index in [-0.39, 0.29) is 5.91 Å². The number of methoxy groups -OCH3 is 3.